The Morgan fingerprint density at radius 1 is 0.946 bits per heavy atom. The highest BCUT2D eigenvalue weighted by Crippen LogP contribution is 2.50. The van der Waals surface area contributed by atoms with Crippen molar-refractivity contribution in [1.82, 2.24) is 5.01 Å². The van der Waals surface area contributed by atoms with Crippen LogP contribution >= 0.6 is 15.9 Å². The maximum Gasteiger partial charge on any atom is 0.340 e. The van der Waals surface area contributed by atoms with Crippen LogP contribution in [-0.2, 0) is 0 Å². The van der Waals surface area contributed by atoms with E-state index in [1.807, 2.05) is 41.4 Å². The van der Waals surface area contributed by atoms with E-state index < -0.39 is 12.2 Å². The van der Waals surface area contributed by atoms with Gasteiger partial charge in [0.25, 0.3) is 0 Å². The molecule has 10 heteroatoms. The van der Waals surface area contributed by atoms with Gasteiger partial charge in [-0.05, 0) is 48.5 Å². The summed E-state index contributed by atoms with van der Waals surface area (Å²) in [7, 11) is 6.05. The number of carboxylic acid groups (broad SMARTS) is 1. The number of rotatable bonds is 7. The number of hydrogen-bond acceptors (Lipinski definition) is 8. The number of aromatic carboxylic acids is 1. The Kier molecular flexibility index (Phi) is 6.59. The standard InChI is InChI=1S/C27H25BrN2O7/c1-33-21-8-5-14(11-23(21)35-3)18-13-19-17-12-15(28)6-9-20(17)37-26(30(19)29-18)16-7-10-22(34-2)25(36-4)24(16)27(31)32/h5-12,19,26H,13H2,1-4H3,(H,31,32)/t19-,26-/m1/s1. The molecule has 3 aromatic rings. The van der Waals surface area contributed by atoms with Crippen molar-refractivity contribution >= 4 is 27.6 Å². The smallest absolute Gasteiger partial charge is 0.340 e. The molecule has 192 valence electrons. The lowest BCUT2D eigenvalue weighted by atomic mass is 9.95. The molecule has 2 atom stereocenters. The summed E-state index contributed by atoms with van der Waals surface area (Å²) in [5.41, 5.74) is 2.99. The van der Waals surface area contributed by atoms with Crippen LogP contribution in [0.15, 0.2) is 58.1 Å². The number of methoxy groups -OCH3 is 4. The molecule has 0 unspecified atom stereocenters. The van der Waals surface area contributed by atoms with Crippen LogP contribution in [0.4, 0.5) is 0 Å². The molecule has 37 heavy (non-hydrogen) atoms. The maximum atomic E-state index is 12.4. The molecule has 2 heterocycles. The van der Waals surface area contributed by atoms with Gasteiger partial charge in [-0.25, -0.2) is 9.80 Å². The lowest BCUT2D eigenvalue weighted by Gasteiger charge is -2.38. The van der Waals surface area contributed by atoms with Crippen LogP contribution in [0.25, 0.3) is 0 Å². The maximum absolute atomic E-state index is 12.4. The molecule has 0 saturated carbocycles. The summed E-state index contributed by atoms with van der Waals surface area (Å²) < 4.78 is 29.0. The third-order valence-electron chi connectivity index (χ3n) is 6.53. The average Bonchev–Trinajstić information content (AvgIpc) is 3.37. The molecule has 2 aliphatic heterocycles. The van der Waals surface area contributed by atoms with Crippen molar-refractivity contribution in [1.29, 1.82) is 0 Å². The van der Waals surface area contributed by atoms with Crippen molar-refractivity contribution in [2.75, 3.05) is 28.4 Å². The summed E-state index contributed by atoms with van der Waals surface area (Å²) in [6.07, 6.45) is -0.240. The van der Waals surface area contributed by atoms with Crippen molar-refractivity contribution in [3.63, 3.8) is 0 Å². The predicted octanol–water partition coefficient (Wildman–Crippen LogP) is 5.42. The molecule has 0 amide bonds. The third kappa shape index (κ3) is 4.21. The number of hydrazone groups is 1. The van der Waals surface area contributed by atoms with Crippen molar-refractivity contribution in [2.45, 2.75) is 18.7 Å². The van der Waals surface area contributed by atoms with Gasteiger partial charge in [0.1, 0.15) is 11.3 Å². The number of fused-ring (bicyclic) bond motifs is 3. The molecule has 0 aromatic heterocycles. The number of nitrogens with zero attached hydrogens (tertiary/aromatic N) is 2. The molecule has 0 aliphatic carbocycles. The number of benzene rings is 3. The molecule has 1 N–H and O–H groups in total. The summed E-state index contributed by atoms with van der Waals surface area (Å²) in [6.45, 7) is 0. The topological polar surface area (TPSA) is 99.1 Å². The second-order valence-electron chi connectivity index (χ2n) is 8.44. The molecule has 3 aromatic carbocycles. The van der Waals surface area contributed by atoms with Crippen LogP contribution in [-0.4, -0.2) is 50.2 Å². The van der Waals surface area contributed by atoms with E-state index in [9.17, 15) is 9.90 Å². The molecular weight excluding hydrogens is 544 g/mol. The Morgan fingerprint density at radius 2 is 1.68 bits per heavy atom. The molecule has 0 bridgehead atoms. The highest BCUT2D eigenvalue weighted by Gasteiger charge is 2.43. The van der Waals surface area contributed by atoms with Gasteiger partial charge in [0.15, 0.2) is 23.0 Å². The molecule has 0 fully saturated rings. The number of ether oxygens (including phenoxy) is 5. The van der Waals surface area contributed by atoms with Crippen LogP contribution < -0.4 is 23.7 Å². The molecular formula is C27H25BrN2O7. The highest BCUT2D eigenvalue weighted by molar-refractivity contribution is 9.10. The Morgan fingerprint density at radius 3 is 2.35 bits per heavy atom. The lowest BCUT2D eigenvalue weighted by molar-refractivity contribution is -0.0199. The molecule has 9 nitrogen and oxygen atoms in total. The summed E-state index contributed by atoms with van der Waals surface area (Å²) in [6, 6.07) is 14.6. The fourth-order valence-corrected chi connectivity index (χ4v) is 5.20. The molecule has 5 rings (SSSR count). The fraction of sp³-hybridized carbons (Fsp3) is 0.259. The highest BCUT2D eigenvalue weighted by atomic mass is 79.9. The van der Waals surface area contributed by atoms with E-state index in [2.05, 4.69) is 15.9 Å². The van der Waals surface area contributed by atoms with Gasteiger partial charge in [-0.15, -0.1) is 0 Å². The van der Waals surface area contributed by atoms with Gasteiger partial charge in [0, 0.05) is 27.6 Å². The van der Waals surface area contributed by atoms with Gasteiger partial charge < -0.3 is 28.8 Å². The Bertz CT molecular complexity index is 1410. The quantitative estimate of drug-likeness (QED) is 0.403. The Hall–Kier alpha value is -3.92. The first-order chi connectivity index (χ1) is 17.9. The average molecular weight is 569 g/mol. The molecule has 0 radical (unpaired) electrons. The zero-order valence-corrected chi connectivity index (χ0v) is 22.2. The van der Waals surface area contributed by atoms with E-state index in [0.717, 1.165) is 21.3 Å². The van der Waals surface area contributed by atoms with Gasteiger partial charge >= 0.3 is 5.97 Å². The summed E-state index contributed by atoms with van der Waals surface area (Å²) in [5, 5.41) is 16.9. The van der Waals surface area contributed by atoms with Crippen molar-refractivity contribution < 1.29 is 33.6 Å². The van der Waals surface area contributed by atoms with Crippen LogP contribution in [0.5, 0.6) is 28.7 Å². The second-order valence-corrected chi connectivity index (χ2v) is 9.35. The minimum absolute atomic E-state index is 0.0408. The van der Waals surface area contributed by atoms with Crippen molar-refractivity contribution in [3.8, 4) is 28.7 Å². The number of halogens is 1. The third-order valence-corrected chi connectivity index (χ3v) is 7.02. The monoisotopic (exact) mass is 568 g/mol. The van der Waals surface area contributed by atoms with Gasteiger partial charge in [0.05, 0.1) is 40.2 Å². The predicted molar refractivity (Wildman–Crippen MR) is 139 cm³/mol. The van der Waals surface area contributed by atoms with E-state index in [1.165, 1.54) is 14.2 Å². The van der Waals surface area contributed by atoms with Crippen LogP contribution in [0.1, 0.15) is 45.7 Å². The molecule has 2 aliphatic rings. The first kappa shape index (κ1) is 24.8. The molecule has 0 spiro atoms. The van der Waals surface area contributed by atoms with Crippen LogP contribution in [0.2, 0.25) is 0 Å². The first-order valence-electron chi connectivity index (χ1n) is 11.4. The van der Waals surface area contributed by atoms with Crippen LogP contribution in [0.3, 0.4) is 0 Å². The van der Waals surface area contributed by atoms with E-state index in [4.69, 9.17) is 28.8 Å². The Balaban J connectivity index is 1.66. The Labute approximate surface area is 222 Å². The normalized spacial score (nSPS) is 17.8. The van der Waals surface area contributed by atoms with Gasteiger partial charge in [0.2, 0.25) is 6.23 Å². The van der Waals surface area contributed by atoms with Gasteiger partial charge in [-0.2, -0.15) is 5.10 Å². The van der Waals surface area contributed by atoms with E-state index >= 15 is 0 Å². The summed E-state index contributed by atoms with van der Waals surface area (Å²) in [4.78, 5) is 12.4. The zero-order chi connectivity index (χ0) is 26.3. The second kappa shape index (κ2) is 9.85. The number of carbonyl (C=O) groups is 1. The zero-order valence-electron chi connectivity index (χ0n) is 20.6. The minimum atomic E-state index is -1.16. The molecule has 0 saturated heterocycles. The van der Waals surface area contributed by atoms with Gasteiger partial charge in [-0.3, -0.25) is 0 Å². The minimum Gasteiger partial charge on any atom is -0.493 e. The summed E-state index contributed by atoms with van der Waals surface area (Å²) >= 11 is 3.56. The number of carboxylic acids is 1. The van der Waals surface area contributed by atoms with E-state index in [-0.39, 0.29) is 17.4 Å². The van der Waals surface area contributed by atoms with Crippen LogP contribution in [0, 0.1) is 0 Å². The largest absolute Gasteiger partial charge is 0.493 e. The SMILES string of the molecule is COc1ccc(C2=NN3[C@H](C2)c2cc(Br)ccc2O[C@@H]3c2ccc(OC)c(OC)c2C(=O)O)cc1OC. The lowest BCUT2D eigenvalue weighted by Crippen LogP contribution is -2.34. The fourth-order valence-electron chi connectivity index (χ4n) is 4.82. The summed E-state index contributed by atoms with van der Waals surface area (Å²) in [5.74, 6) is 1.15. The first-order valence-corrected chi connectivity index (χ1v) is 12.2. The van der Waals surface area contributed by atoms with E-state index in [0.29, 0.717) is 35.0 Å². The van der Waals surface area contributed by atoms with Crippen molar-refractivity contribution in [3.05, 3.63) is 75.3 Å². The van der Waals surface area contributed by atoms with Crippen molar-refractivity contribution in [2.24, 2.45) is 5.10 Å². The number of hydrogen-bond donors (Lipinski definition) is 1. The van der Waals surface area contributed by atoms with Gasteiger partial charge in [-0.1, -0.05) is 15.9 Å². The van der Waals surface area contributed by atoms with E-state index in [1.54, 1.807) is 26.4 Å².